The van der Waals surface area contributed by atoms with Gasteiger partial charge in [-0.05, 0) is 61.9 Å². The van der Waals surface area contributed by atoms with Gasteiger partial charge in [0.25, 0.3) is 0 Å². The molecule has 5 nitrogen and oxygen atoms in total. The second-order valence-corrected chi connectivity index (χ2v) is 7.89. The van der Waals surface area contributed by atoms with E-state index in [-0.39, 0.29) is 0 Å². The maximum Gasteiger partial charge on any atom is 0.216 e. The summed E-state index contributed by atoms with van der Waals surface area (Å²) in [5.74, 6) is 2.30. The summed E-state index contributed by atoms with van der Waals surface area (Å²) in [7, 11) is 0. The van der Waals surface area contributed by atoms with E-state index in [9.17, 15) is 0 Å². The smallest absolute Gasteiger partial charge is 0.216 e. The second-order valence-electron chi connectivity index (χ2n) is 4.83. The Morgan fingerprint density at radius 2 is 2.18 bits per heavy atom. The van der Waals surface area contributed by atoms with Crippen molar-refractivity contribution in [3.8, 4) is 0 Å². The minimum Gasteiger partial charge on any atom is -0.444 e. The van der Waals surface area contributed by atoms with E-state index in [0.717, 1.165) is 36.9 Å². The van der Waals surface area contributed by atoms with Gasteiger partial charge in [0, 0.05) is 18.0 Å². The molecule has 0 aromatic carbocycles. The minimum atomic E-state index is 0.445. The topological polar surface area (TPSA) is 62.5 Å². The van der Waals surface area contributed by atoms with Crippen LogP contribution in [0.3, 0.4) is 0 Å². The molecule has 0 aliphatic rings. The zero-order valence-electron chi connectivity index (χ0n) is 13.1. The van der Waals surface area contributed by atoms with Gasteiger partial charge >= 0.3 is 0 Å². The third-order valence-electron chi connectivity index (χ3n) is 3.08. The van der Waals surface area contributed by atoms with Crippen molar-refractivity contribution >= 4 is 39.9 Å². The molecule has 0 spiro atoms. The fraction of sp³-hybridized carbons (Fsp3) is 0.467. The molecule has 0 radical (unpaired) electrons. The summed E-state index contributed by atoms with van der Waals surface area (Å²) >= 11 is 4.18. The van der Waals surface area contributed by atoms with Gasteiger partial charge in [-0.25, -0.2) is 9.98 Å². The molecule has 2 aromatic heterocycles. The van der Waals surface area contributed by atoms with Crippen LogP contribution in [0.1, 0.15) is 29.1 Å². The van der Waals surface area contributed by atoms with E-state index in [2.05, 4.69) is 62.3 Å². The number of aliphatic imine (C=N–C) groups is 1. The molecule has 2 N–H and O–H groups in total. The van der Waals surface area contributed by atoms with Crippen LogP contribution in [0.2, 0.25) is 0 Å². The average Bonchev–Trinajstić information content (AvgIpc) is 3.03. The van der Waals surface area contributed by atoms with E-state index in [4.69, 9.17) is 4.42 Å². The van der Waals surface area contributed by atoms with E-state index in [1.165, 1.54) is 7.76 Å². The number of halogens is 1. The van der Waals surface area contributed by atoms with E-state index in [1.54, 1.807) is 0 Å². The van der Waals surface area contributed by atoms with Crippen molar-refractivity contribution in [2.45, 2.75) is 33.7 Å². The summed E-state index contributed by atoms with van der Waals surface area (Å²) in [6.07, 6.45) is 0.995. The number of nitrogens with zero attached hydrogens (tertiary/aromatic N) is 2. The molecule has 0 saturated carbocycles. The van der Waals surface area contributed by atoms with Gasteiger partial charge < -0.3 is 15.1 Å². The Labute approximate surface area is 148 Å². The molecule has 2 aromatic rings. The lowest BCUT2D eigenvalue weighted by Crippen LogP contribution is -2.38. The number of oxazole rings is 1. The van der Waals surface area contributed by atoms with Gasteiger partial charge in [0.2, 0.25) is 5.89 Å². The summed E-state index contributed by atoms with van der Waals surface area (Å²) in [5, 5.41) is 6.58. The van der Waals surface area contributed by atoms with E-state index in [0.29, 0.717) is 12.4 Å². The molecule has 120 valence electrons. The number of thiophene rings is 1. The van der Waals surface area contributed by atoms with Crippen LogP contribution < -0.4 is 10.6 Å². The molecule has 0 aliphatic carbocycles. The van der Waals surface area contributed by atoms with Gasteiger partial charge in [-0.3, -0.25) is 0 Å². The first-order chi connectivity index (χ1) is 10.6. The Kier molecular flexibility index (Phi) is 6.69. The van der Waals surface area contributed by atoms with Crippen molar-refractivity contribution < 1.29 is 4.42 Å². The molecular formula is C15H21IN4OS. The van der Waals surface area contributed by atoms with Gasteiger partial charge in [0.15, 0.2) is 5.96 Å². The number of hydrogen-bond acceptors (Lipinski definition) is 4. The normalized spacial score (nSPS) is 11.7. The van der Waals surface area contributed by atoms with Crippen LogP contribution in [-0.2, 0) is 13.0 Å². The lowest BCUT2D eigenvalue weighted by Gasteiger charge is -2.10. The summed E-state index contributed by atoms with van der Waals surface area (Å²) in [5.41, 5.74) is 0.926. The Hall–Kier alpha value is -1.09. The number of guanidine groups is 1. The lowest BCUT2D eigenvalue weighted by molar-refractivity contribution is 0.473. The first-order valence-electron chi connectivity index (χ1n) is 7.27. The SMILES string of the molecule is CCNC(=NCc1nc(C)c(C)o1)NCCc1ccc(I)s1. The standard InChI is InChI=1S/C15H21IN4OS/c1-4-17-15(18-8-7-12-5-6-13(16)22-12)19-9-14-20-10(2)11(3)21-14/h5-6H,4,7-9H2,1-3H3,(H2,17,18,19). The summed E-state index contributed by atoms with van der Waals surface area (Å²) in [6.45, 7) is 8.04. The fourth-order valence-corrected chi connectivity index (χ4v) is 3.64. The summed E-state index contributed by atoms with van der Waals surface area (Å²) in [6, 6.07) is 4.32. The maximum atomic E-state index is 5.55. The van der Waals surface area contributed by atoms with Crippen LogP contribution in [-0.4, -0.2) is 24.0 Å². The lowest BCUT2D eigenvalue weighted by atomic mass is 10.3. The van der Waals surface area contributed by atoms with Crippen LogP contribution in [0.25, 0.3) is 0 Å². The number of nitrogens with one attached hydrogen (secondary N) is 2. The molecule has 0 fully saturated rings. The Bertz CT molecular complexity index is 616. The fourth-order valence-electron chi connectivity index (χ4n) is 1.89. The highest BCUT2D eigenvalue weighted by Crippen LogP contribution is 2.18. The van der Waals surface area contributed by atoms with Gasteiger partial charge in [-0.15, -0.1) is 11.3 Å². The van der Waals surface area contributed by atoms with Gasteiger partial charge in [-0.1, -0.05) is 0 Å². The first-order valence-corrected chi connectivity index (χ1v) is 9.17. The first kappa shape index (κ1) is 17.3. The van der Waals surface area contributed by atoms with Crippen molar-refractivity contribution in [1.29, 1.82) is 0 Å². The van der Waals surface area contributed by atoms with Crippen molar-refractivity contribution in [2.24, 2.45) is 4.99 Å². The van der Waals surface area contributed by atoms with E-state index >= 15 is 0 Å². The highest BCUT2D eigenvalue weighted by molar-refractivity contribution is 14.1. The Morgan fingerprint density at radius 3 is 2.77 bits per heavy atom. The van der Waals surface area contributed by atoms with Gasteiger partial charge in [-0.2, -0.15) is 0 Å². The molecule has 0 unspecified atom stereocenters. The van der Waals surface area contributed by atoms with Crippen LogP contribution >= 0.6 is 33.9 Å². The molecule has 2 heterocycles. The molecular weight excluding hydrogens is 411 g/mol. The quantitative estimate of drug-likeness (QED) is 0.418. The van der Waals surface area contributed by atoms with Crippen LogP contribution in [0.4, 0.5) is 0 Å². The molecule has 0 atom stereocenters. The number of aryl methyl sites for hydroxylation is 2. The molecule has 0 aliphatic heterocycles. The van der Waals surface area contributed by atoms with E-state index < -0.39 is 0 Å². The third kappa shape index (κ3) is 5.28. The molecule has 22 heavy (non-hydrogen) atoms. The van der Waals surface area contributed by atoms with Crippen LogP contribution in [0.5, 0.6) is 0 Å². The second kappa shape index (κ2) is 8.52. The van der Waals surface area contributed by atoms with Crippen molar-refractivity contribution in [3.63, 3.8) is 0 Å². The zero-order valence-corrected chi connectivity index (χ0v) is 16.0. The highest BCUT2D eigenvalue weighted by Gasteiger charge is 2.05. The monoisotopic (exact) mass is 432 g/mol. The maximum absolute atomic E-state index is 5.55. The molecule has 0 amide bonds. The molecule has 0 saturated heterocycles. The number of hydrogen-bond donors (Lipinski definition) is 2. The summed E-state index contributed by atoms with van der Waals surface area (Å²) < 4.78 is 6.87. The molecule has 0 bridgehead atoms. The largest absolute Gasteiger partial charge is 0.444 e. The third-order valence-corrected chi connectivity index (χ3v) is 5.04. The van der Waals surface area contributed by atoms with Crippen LogP contribution in [0.15, 0.2) is 21.5 Å². The zero-order chi connectivity index (χ0) is 15.9. The highest BCUT2D eigenvalue weighted by atomic mass is 127. The van der Waals surface area contributed by atoms with E-state index in [1.807, 2.05) is 25.2 Å². The van der Waals surface area contributed by atoms with Crippen LogP contribution in [0, 0.1) is 16.7 Å². The molecule has 7 heteroatoms. The predicted molar refractivity (Wildman–Crippen MR) is 99.5 cm³/mol. The predicted octanol–water partition coefficient (Wildman–Crippen LogP) is 3.26. The van der Waals surface area contributed by atoms with Crippen molar-refractivity contribution in [3.05, 3.63) is 37.2 Å². The van der Waals surface area contributed by atoms with Gasteiger partial charge in [0.1, 0.15) is 12.3 Å². The van der Waals surface area contributed by atoms with Gasteiger partial charge in [0.05, 0.1) is 8.58 Å². The average molecular weight is 432 g/mol. The Balaban J connectivity index is 1.86. The summed E-state index contributed by atoms with van der Waals surface area (Å²) in [4.78, 5) is 10.2. The molecule has 2 rings (SSSR count). The number of rotatable bonds is 6. The van der Waals surface area contributed by atoms with Crippen molar-refractivity contribution in [2.75, 3.05) is 13.1 Å². The minimum absolute atomic E-state index is 0.445. The number of aromatic nitrogens is 1. The Morgan fingerprint density at radius 1 is 1.36 bits per heavy atom. The van der Waals surface area contributed by atoms with Crippen molar-refractivity contribution in [1.82, 2.24) is 15.6 Å².